The summed E-state index contributed by atoms with van der Waals surface area (Å²) in [5.74, 6) is -0.410. The summed E-state index contributed by atoms with van der Waals surface area (Å²) in [5.41, 5.74) is 0.832. The maximum absolute atomic E-state index is 11.1. The van der Waals surface area contributed by atoms with Gasteiger partial charge in [0, 0.05) is 4.47 Å². The first kappa shape index (κ1) is 12.5. The minimum atomic E-state index is -0.424. The molecule has 1 aromatic rings. The van der Waals surface area contributed by atoms with Crippen LogP contribution in [0.2, 0.25) is 0 Å². The first-order chi connectivity index (χ1) is 7.19. The fourth-order valence-corrected chi connectivity index (χ4v) is 1.85. The van der Waals surface area contributed by atoms with Crippen molar-refractivity contribution in [3.63, 3.8) is 0 Å². The van der Waals surface area contributed by atoms with Crippen molar-refractivity contribution in [1.29, 1.82) is 0 Å². The van der Waals surface area contributed by atoms with Crippen LogP contribution in [-0.4, -0.2) is 23.5 Å². The van der Waals surface area contributed by atoms with Crippen LogP contribution in [0.1, 0.15) is 11.6 Å². The lowest BCUT2D eigenvalue weighted by molar-refractivity contribution is -0.119. The molecule has 82 valence electrons. The molecular weight excluding hydrogens is 281 g/mol. The van der Waals surface area contributed by atoms with Gasteiger partial charge < -0.3 is 10.4 Å². The van der Waals surface area contributed by atoms with E-state index < -0.39 is 6.04 Å². The Bertz CT molecular complexity index is 346. The van der Waals surface area contributed by atoms with Gasteiger partial charge in [0.2, 0.25) is 5.91 Å². The molecule has 1 rings (SSSR count). The predicted octanol–water partition coefficient (Wildman–Crippen LogP) is 1.84. The highest BCUT2D eigenvalue weighted by atomic mass is 79.9. The summed E-state index contributed by atoms with van der Waals surface area (Å²) in [5, 5.41) is 11.8. The largest absolute Gasteiger partial charge is 0.394 e. The molecule has 2 N–H and O–H groups in total. The van der Waals surface area contributed by atoms with Crippen molar-refractivity contribution < 1.29 is 9.90 Å². The second-order valence-corrected chi connectivity index (χ2v) is 4.08. The van der Waals surface area contributed by atoms with Crippen LogP contribution in [0.5, 0.6) is 0 Å². The van der Waals surface area contributed by atoms with Crippen molar-refractivity contribution in [2.24, 2.45) is 0 Å². The van der Waals surface area contributed by atoms with Gasteiger partial charge >= 0.3 is 0 Å². The number of hydrogen-bond acceptors (Lipinski definition) is 2. The van der Waals surface area contributed by atoms with Gasteiger partial charge in [-0.25, -0.2) is 0 Å². The number of carbonyl (C=O) groups excluding carboxylic acids is 1. The fraction of sp³-hybridized carbons (Fsp3) is 0.300. The first-order valence-corrected chi connectivity index (χ1v) is 5.72. The Labute approximate surface area is 102 Å². The smallest absolute Gasteiger partial charge is 0.235 e. The van der Waals surface area contributed by atoms with Gasteiger partial charge in [-0.3, -0.25) is 4.79 Å². The van der Waals surface area contributed by atoms with Crippen LogP contribution in [0.15, 0.2) is 28.7 Å². The van der Waals surface area contributed by atoms with E-state index in [0.29, 0.717) is 0 Å². The van der Waals surface area contributed by atoms with E-state index in [9.17, 15) is 4.79 Å². The Balaban J connectivity index is 2.83. The molecule has 1 amide bonds. The van der Waals surface area contributed by atoms with Crippen LogP contribution in [0, 0.1) is 0 Å². The Morgan fingerprint density at radius 1 is 1.53 bits per heavy atom. The minimum Gasteiger partial charge on any atom is -0.394 e. The molecule has 0 aliphatic carbocycles. The number of halogens is 2. The molecule has 0 aliphatic heterocycles. The topological polar surface area (TPSA) is 49.3 Å². The molecule has 0 spiro atoms. The first-order valence-electron chi connectivity index (χ1n) is 4.39. The van der Waals surface area contributed by atoms with Crippen LogP contribution >= 0.6 is 27.5 Å². The third-order valence-corrected chi connectivity index (χ3v) is 2.88. The highest BCUT2D eigenvalue weighted by molar-refractivity contribution is 9.10. The fourth-order valence-electron chi connectivity index (χ4n) is 1.21. The Kier molecular flexibility index (Phi) is 5.08. The summed E-state index contributed by atoms with van der Waals surface area (Å²) < 4.78 is 0.846. The number of aliphatic hydroxyl groups excluding tert-OH is 1. The van der Waals surface area contributed by atoms with Crippen molar-refractivity contribution in [2.45, 2.75) is 6.04 Å². The average molecular weight is 293 g/mol. The molecule has 0 saturated heterocycles. The van der Waals surface area contributed by atoms with Crippen molar-refractivity contribution >= 4 is 33.4 Å². The summed E-state index contributed by atoms with van der Waals surface area (Å²) in [7, 11) is 0. The van der Waals surface area contributed by atoms with Crippen LogP contribution < -0.4 is 5.32 Å². The van der Waals surface area contributed by atoms with Gasteiger partial charge in [-0.1, -0.05) is 34.1 Å². The number of benzene rings is 1. The summed E-state index contributed by atoms with van der Waals surface area (Å²) in [4.78, 5) is 11.1. The summed E-state index contributed by atoms with van der Waals surface area (Å²) in [6, 6.07) is 6.97. The molecule has 1 unspecified atom stereocenters. The molecule has 1 atom stereocenters. The second-order valence-electron chi connectivity index (χ2n) is 2.96. The highest BCUT2D eigenvalue weighted by Gasteiger charge is 2.14. The molecule has 0 heterocycles. The van der Waals surface area contributed by atoms with Crippen LogP contribution in [0.4, 0.5) is 0 Å². The molecule has 5 heteroatoms. The lowest BCUT2D eigenvalue weighted by atomic mass is 10.1. The molecule has 15 heavy (non-hydrogen) atoms. The normalized spacial score (nSPS) is 12.2. The highest BCUT2D eigenvalue weighted by Crippen LogP contribution is 2.22. The average Bonchev–Trinajstić information content (AvgIpc) is 2.26. The predicted molar refractivity (Wildman–Crippen MR) is 62.8 cm³/mol. The van der Waals surface area contributed by atoms with Gasteiger partial charge in [-0.05, 0) is 11.6 Å². The monoisotopic (exact) mass is 291 g/mol. The second kappa shape index (κ2) is 6.10. The van der Waals surface area contributed by atoms with Crippen molar-refractivity contribution in [3.8, 4) is 0 Å². The minimum absolute atomic E-state index is 0.110. The van der Waals surface area contributed by atoms with Crippen LogP contribution in [0.25, 0.3) is 0 Å². The van der Waals surface area contributed by atoms with Gasteiger partial charge in [0.25, 0.3) is 0 Å². The molecule has 0 aliphatic rings. The molecule has 3 nitrogen and oxygen atoms in total. The maximum Gasteiger partial charge on any atom is 0.235 e. The van der Waals surface area contributed by atoms with E-state index in [2.05, 4.69) is 21.2 Å². The molecule has 0 radical (unpaired) electrons. The molecule has 0 bridgehead atoms. The van der Waals surface area contributed by atoms with Gasteiger partial charge in [-0.15, -0.1) is 11.6 Å². The Morgan fingerprint density at radius 2 is 2.20 bits per heavy atom. The van der Waals surface area contributed by atoms with Gasteiger partial charge in [-0.2, -0.15) is 0 Å². The van der Waals surface area contributed by atoms with E-state index in [1.54, 1.807) is 0 Å². The van der Waals surface area contributed by atoms with Gasteiger partial charge in [0.05, 0.1) is 12.6 Å². The zero-order valence-corrected chi connectivity index (χ0v) is 10.3. The number of alkyl halides is 1. The van der Waals surface area contributed by atoms with Crippen LogP contribution in [0.3, 0.4) is 0 Å². The number of nitrogens with one attached hydrogen (secondary N) is 1. The number of hydrogen-bond donors (Lipinski definition) is 2. The third-order valence-electron chi connectivity index (χ3n) is 1.92. The van der Waals surface area contributed by atoms with E-state index in [1.807, 2.05) is 24.3 Å². The molecule has 1 aromatic carbocycles. The SMILES string of the molecule is O=C(CCl)NC(CO)c1ccccc1Br. The molecule has 0 saturated carbocycles. The van der Waals surface area contributed by atoms with Crippen LogP contribution in [-0.2, 0) is 4.79 Å². The summed E-state index contributed by atoms with van der Waals surface area (Å²) in [6.45, 7) is -0.161. The van der Waals surface area contributed by atoms with Crippen molar-refractivity contribution in [3.05, 3.63) is 34.3 Å². The number of carbonyl (C=O) groups is 1. The summed E-state index contributed by atoms with van der Waals surface area (Å²) in [6.07, 6.45) is 0. The number of aliphatic hydroxyl groups is 1. The molecule has 0 aromatic heterocycles. The maximum atomic E-state index is 11.1. The zero-order valence-electron chi connectivity index (χ0n) is 7.91. The van der Waals surface area contributed by atoms with E-state index in [4.69, 9.17) is 16.7 Å². The van der Waals surface area contributed by atoms with E-state index >= 15 is 0 Å². The summed E-state index contributed by atoms with van der Waals surface area (Å²) >= 11 is 8.73. The van der Waals surface area contributed by atoms with E-state index in [0.717, 1.165) is 10.0 Å². The van der Waals surface area contributed by atoms with Crippen molar-refractivity contribution in [1.82, 2.24) is 5.32 Å². The van der Waals surface area contributed by atoms with Gasteiger partial charge in [0.1, 0.15) is 5.88 Å². The Morgan fingerprint density at radius 3 is 2.73 bits per heavy atom. The number of rotatable bonds is 4. The standard InChI is InChI=1S/C10H11BrClNO2/c11-8-4-2-1-3-7(8)9(6-14)13-10(15)5-12/h1-4,9,14H,5-6H2,(H,13,15). The number of amides is 1. The van der Waals surface area contributed by atoms with E-state index in [1.165, 1.54) is 0 Å². The zero-order chi connectivity index (χ0) is 11.3. The quantitative estimate of drug-likeness (QED) is 0.832. The van der Waals surface area contributed by atoms with Crippen molar-refractivity contribution in [2.75, 3.05) is 12.5 Å². The molecular formula is C10H11BrClNO2. The van der Waals surface area contributed by atoms with E-state index in [-0.39, 0.29) is 18.4 Å². The Hall–Kier alpha value is -0.580. The van der Waals surface area contributed by atoms with Gasteiger partial charge in [0.15, 0.2) is 0 Å². The lowest BCUT2D eigenvalue weighted by Gasteiger charge is -2.17. The third kappa shape index (κ3) is 3.48. The molecule has 0 fully saturated rings. The lowest BCUT2D eigenvalue weighted by Crippen LogP contribution is -2.31.